The lowest BCUT2D eigenvalue weighted by atomic mass is 10.1. The molecule has 2 N–H and O–H groups in total. The summed E-state index contributed by atoms with van der Waals surface area (Å²) in [5.41, 5.74) is 3.15. The van der Waals surface area contributed by atoms with Crippen molar-refractivity contribution in [2.45, 2.75) is 33.4 Å². The summed E-state index contributed by atoms with van der Waals surface area (Å²) in [4.78, 5) is 0. The van der Waals surface area contributed by atoms with Crippen LogP contribution in [0.4, 0.5) is 0 Å². The molecule has 1 aromatic heterocycles. The lowest BCUT2D eigenvalue weighted by Gasteiger charge is -2.13. The fraction of sp³-hybridized carbons (Fsp3) is 0.438. The molecular weight excluding hydrogens is 268 g/mol. The molecule has 21 heavy (non-hydrogen) atoms. The summed E-state index contributed by atoms with van der Waals surface area (Å²) in [5.74, 6) is 1.55. The van der Waals surface area contributed by atoms with Crippen LogP contribution in [0.3, 0.4) is 0 Å². The number of benzene rings is 1. The summed E-state index contributed by atoms with van der Waals surface area (Å²) in [6.07, 6.45) is -0.574. The molecule has 0 aliphatic heterocycles. The summed E-state index contributed by atoms with van der Waals surface area (Å²) >= 11 is 0. The van der Waals surface area contributed by atoms with Crippen molar-refractivity contribution in [3.63, 3.8) is 0 Å². The number of aryl methyl sites for hydroxylation is 3. The molecule has 0 spiro atoms. The van der Waals surface area contributed by atoms with Crippen molar-refractivity contribution in [2.75, 3.05) is 13.2 Å². The maximum absolute atomic E-state index is 9.90. The van der Waals surface area contributed by atoms with Crippen LogP contribution < -0.4 is 10.1 Å². The molecule has 1 atom stereocenters. The van der Waals surface area contributed by atoms with E-state index >= 15 is 0 Å². The van der Waals surface area contributed by atoms with Crippen molar-refractivity contribution in [1.82, 2.24) is 10.5 Å². The second-order valence-corrected chi connectivity index (χ2v) is 5.35. The minimum Gasteiger partial charge on any atom is -0.491 e. The number of aromatic nitrogens is 1. The smallest absolute Gasteiger partial charge is 0.150 e. The van der Waals surface area contributed by atoms with Crippen LogP contribution in [-0.2, 0) is 6.54 Å². The number of aliphatic hydroxyl groups excluding tert-OH is 1. The number of hydrogen-bond acceptors (Lipinski definition) is 5. The number of hydrogen-bond donors (Lipinski definition) is 2. The summed E-state index contributed by atoms with van der Waals surface area (Å²) in [6, 6.07) is 7.88. The Morgan fingerprint density at radius 1 is 1.19 bits per heavy atom. The first-order valence-corrected chi connectivity index (χ1v) is 7.05. The van der Waals surface area contributed by atoms with E-state index in [0.29, 0.717) is 13.1 Å². The van der Waals surface area contributed by atoms with Crippen LogP contribution in [0, 0.1) is 20.8 Å². The van der Waals surface area contributed by atoms with Gasteiger partial charge in [-0.05, 0) is 44.0 Å². The van der Waals surface area contributed by atoms with Crippen LogP contribution >= 0.6 is 0 Å². The minimum absolute atomic E-state index is 0.255. The van der Waals surface area contributed by atoms with E-state index in [0.717, 1.165) is 28.3 Å². The molecule has 1 heterocycles. The Labute approximate surface area is 124 Å². The molecule has 1 unspecified atom stereocenters. The Kier molecular flexibility index (Phi) is 5.36. The zero-order chi connectivity index (χ0) is 15.2. The van der Waals surface area contributed by atoms with Gasteiger partial charge in [-0.15, -0.1) is 0 Å². The van der Waals surface area contributed by atoms with E-state index in [1.807, 2.05) is 39.0 Å². The average molecular weight is 290 g/mol. The van der Waals surface area contributed by atoms with Gasteiger partial charge in [-0.25, -0.2) is 0 Å². The summed E-state index contributed by atoms with van der Waals surface area (Å²) < 4.78 is 10.7. The standard InChI is InChI=1S/C16H22N2O3/c1-11-4-12(2)6-15(5-11)20-10-14(19)8-17-9-16-7-13(3)18-21-16/h4-7,14,17,19H,8-10H2,1-3H3. The van der Waals surface area contributed by atoms with E-state index in [1.54, 1.807) is 0 Å². The minimum atomic E-state index is -0.574. The molecule has 0 aliphatic carbocycles. The van der Waals surface area contributed by atoms with E-state index in [4.69, 9.17) is 9.26 Å². The highest BCUT2D eigenvalue weighted by molar-refractivity contribution is 5.32. The number of nitrogens with one attached hydrogen (secondary N) is 1. The molecule has 0 saturated carbocycles. The average Bonchev–Trinajstić information content (AvgIpc) is 2.81. The van der Waals surface area contributed by atoms with Crippen LogP contribution in [0.5, 0.6) is 5.75 Å². The second kappa shape index (κ2) is 7.24. The third-order valence-electron chi connectivity index (χ3n) is 2.99. The van der Waals surface area contributed by atoms with Gasteiger partial charge in [0.1, 0.15) is 18.5 Å². The van der Waals surface area contributed by atoms with Gasteiger partial charge in [-0.3, -0.25) is 0 Å². The van der Waals surface area contributed by atoms with E-state index in [9.17, 15) is 5.11 Å². The molecule has 0 bridgehead atoms. The van der Waals surface area contributed by atoms with Gasteiger partial charge in [-0.1, -0.05) is 11.2 Å². The number of rotatable bonds is 7. The molecule has 0 aliphatic rings. The van der Waals surface area contributed by atoms with Crippen molar-refractivity contribution in [3.05, 3.63) is 46.8 Å². The molecular formula is C16H22N2O3. The van der Waals surface area contributed by atoms with Crippen molar-refractivity contribution < 1.29 is 14.4 Å². The van der Waals surface area contributed by atoms with Crippen LogP contribution in [0.15, 0.2) is 28.8 Å². The van der Waals surface area contributed by atoms with Gasteiger partial charge in [0, 0.05) is 12.6 Å². The Hall–Kier alpha value is -1.85. The van der Waals surface area contributed by atoms with Crippen LogP contribution in [0.1, 0.15) is 22.6 Å². The van der Waals surface area contributed by atoms with Crippen LogP contribution in [0.2, 0.25) is 0 Å². The number of aliphatic hydroxyl groups is 1. The van der Waals surface area contributed by atoms with Gasteiger partial charge >= 0.3 is 0 Å². The fourth-order valence-corrected chi connectivity index (χ4v) is 2.13. The largest absolute Gasteiger partial charge is 0.491 e. The van der Waals surface area contributed by atoms with Crippen molar-refractivity contribution in [1.29, 1.82) is 0 Å². The molecule has 114 valence electrons. The normalized spacial score (nSPS) is 12.4. The Morgan fingerprint density at radius 3 is 2.52 bits per heavy atom. The van der Waals surface area contributed by atoms with Gasteiger partial charge in [-0.2, -0.15) is 0 Å². The number of ether oxygens (including phenoxy) is 1. The monoisotopic (exact) mass is 290 g/mol. The summed E-state index contributed by atoms with van der Waals surface area (Å²) in [6.45, 7) is 7.16. The third kappa shape index (κ3) is 5.21. The lowest BCUT2D eigenvalue weighted by Crippen LogP contribution is -2.31. The van der Waals surface area contributed by atoms with Gasteiger partial charge in [0.05, 0.1) is 12.2 Å². The fourth-order valence-electron chi connectivity index (χ4n) is 2.13. The molecule has 0 radical (unpaired) electrons. The molecule has 5 nitrogen and oxygen atoms in total. The van der Waals surface area contributed by atoms with E-state index in [2.05, 4.69) is 16.5 Å². The van der Waals surface area contributed by atoms with Crippen LogP contribution in [0.25, 0.3) is 0 Å². The maximum Gasteiger partial charge on any atom is 0.150 e. The zero-order valence-electron chi connectivity index (χ0n) is 12.7. The third-order valence-corrected chi connectivity index (χ3v) is 2.99. The first-order valence-electron chi connectivity index (χ1n) is 7.05. The van der Waals surface area contributed by atoms with Gasteiger partial charge in [0.2, 0.25) is 0 Å². The Balaban J connectivity index is 1.70. The van der Waals surface area contributed by atoms with E-state index in [-0.39, 0.29) is 6.61 Å². The lowest BCUT2D eigenvalue weighted by molar-refractivity contribution is 0.105. The summed E-state index contributed by atoms with van der Waals surface area (Å²) in [5, 5.41) is 16.8. The maximum atomic E-state index is 9.90. The molecule has 2 aromatic rings. The zero-order valence-corrected chi connectivity index (χ0v) is 12.7. The van der Waals surface area contributed by atoms with Crippen molar-refractivity contribution >= 4 is 0 Å². The molecule has 1 aromatic carbocycles. The molecule has 2 rings (SSSR count). The highest BCUT2D eigenvalue weighted by Gasteiger charge is 2.07. The molecule has 0 amide bonds. The first kappa shape index (κ1) is 15.5. The highest BCUT2D eigenvalue weighted by atomic mass is 16.5. The first-order chi connectivity index (χ1) is 10.0. The van der Waals surface area contributed by atoms with Crippen LogP contribution in [-0.4, -0.2) is 29.5 Å². The SMILES string of the molecule is Cc1cc(C)cc(OCC(O)CNCc2cc(C)no2)c1. The highest BCUT2D eigenvalue weighted by Crippen LogP contribution is 2.16. The number of nitrogens with zero attached hydrogens (tertiary/aromatic N) is 1. The second-order valence-electron chi connectivity index (χ2n) is 5.35. The Bertz CT molecular complexity index is 560. The predicted octanol–water partition coefficient (Wildman–Crippen LogP) is 2.13. The summed E-state index contributed by atoms with van der Waals surface area (Å²) in [7, 11) is 0. The van der Waals surface area contributed by atoms with Crippen molar-refractivity contribution in [2.24, 2.45) is 0 Å². The molecule has 5 heteroatoms. The Morgan fingerprint density at radius 2 is 1.90 bits per heavy atom. The van der Waals surface area contributed by atoms with Gasteiger partial charge in [0.15, 0.2) is 5.76 Å². The molecule has 0 saturated heterocycles. The predicted molar refractivity (Wildman–Crippen MR) is 80.4 cm³/mol. The van der Waals surface area contributed by atoms with Crippen molar-refractivity contribution in [3.8, 4) is 5.75 Å². The van der Waals surface area contributed by atoms with E-state index in [1.165, 1.54) is 0 Å². The van der Waals surface area contributed by atoms with Gasteiger partial charge in [0.25, 0.3) is 0 Å². The van der Waals surface area contributed by atoms with Gasteiger partial charge < -0.3 is 19.7 Å². The van der Waals surface area contributed by atoms with E-state index < -0.39 is 6.10 Å². The topological polar surface area (TPSA) is 67.5 Å². The molecule has 0 fully saturated rings. The quantitative estimate of drug-likeness (QED) is 0.817.